The van der Waals surface area contributed by atoms with Gasteiger partial charge in [-0.3, -0.25) is 0 Å². The van der Waals surface area contributed by atoms with E-state index in [1.54, 1.807) is 44.9 Å². The van der Waals surface area contributed by atoms with Crippen LogP contribution in [0.1, 0.15) is 119 Å². The number of hydrogen-bond acceptors (Lipinski definition) is 0. The van der Waals surface area contributed by atoms with Crippen LogP contribution in [-0.4, -0.2) is 0 Å². The second kappa shape index (κ2) is 7.05. The molecule has 27 heavy (non-hydrogen) atoms. The van der Waals surface area contributed by atoms with Gasteiger partial charge in [0.1, 0.15) is 0 Å². The van der Waals surface area contributed by atoms with Gasteiger partial charge in [-0.2, -0.15) is 0 Å². The number of fused-ring (bicyclic) bond motifs is 5. The average Bonchev–Trinajstić information content (AvgIpc) is 2.96. The quantitative estimate of drug-likeness (QED) is 0.466. The third kappa shape index (κ3) is 3.44. The molecule has 0 aromatic rings. The van der Waals surface area contributed by atoms with Crippen LogP contribution in [0.15, 0.2) is 0 Å². The van der Waals surface area contributed by atoms with E-state index in [4.69, 9.17) is 0 Å². The van der Waals surface area contributed by atoms with Gasteiger partial charge < -0.3 is 0 Å². The first-order chi connectivity index (χ1) is 12.7. The van der Waals surface area contributed by atoms with E-state index in [0.717, 1.165) is 35.5 Å². The van der Waals surface area contributed by atoms with Crippen LogP contribution in [0.5, 0.6) is 0 Å². The van der Waals surface area contributed by atoms with E-state index < -0.39 is 0 Å². The van der Waals surface area contributed by atoms with Crippen LogP contribution >= 0.6 is 0 Å². The molecule has 0 heteroatoms. The normalized spacial score (nSPS) is 48.4. The lowest BCUT2D eigenvalue weighted by molar-refractivity contribution is -0.114. The maximum Gasteiger partial charge on any atom is -0.0264 e. The van der Waals surface area contributed by atoms with Gasteiger partial charge >= 0.3 is 0 Å². The first-order valence-electron chi connectivity index (χ1n) is 12.7. The van der Waals surface area contributed by atoms with Crippen molar-refractivity contribution >= 4 is 0 Å². The Kier molecular flexibility index (Phi) is 5.30. The summed E-state index contributed by atoms with van der Waals surface area (Å²) < 4.78 is 0. The lowest BCUT2D eigenvalue weighted by Gasteiger charge is -2.61. The molecule has 4 aliphatic rings. The van der Waals surface area contributed by atoms with Crippen molar-refractivity contribution in [1.82, 2.24) is 0 Å². The smallest absolute Gasteiger partial charge is 0.0264 e. The zero-order valence-electron chi connectivity index (χ0n) is 19.4. The van der Waals surface area contributed by atoms with Crippen molar-refractivity contribution in [1.29, 1.82) is 0 Å². The van der Waals surface area contributed by atoms with Gasteiger partial charge in [-0.25, -0.2) is 0 Å². The fraction of sp³-hybridized carbons (Fsp3) is 1.00. The summed E-state index contributed by atoms with van der Waals surface area (Å²) in [7, 11) is 0. The Morgan fingerprint density at radius 3 is 2.30 bits per heavy atom. The Bertz CT molecular complexity index is 527. The summed E-state index contributed by atoms with van der Waals surface area (Å²) in [5.41, 5.74) is 1.87. The van der Waals surface area contributed by atoms with Crippen molar-refractivity contribution in [2.24, 2.45) is 51.8 Å². The minimum absolute atomic E-state index is 0.499. The highest BCUT2D eigenvalue weighted by Crippen LogP contribution is 2.68. The van der Waals surface area contributed by atoms with Gasteiger partial charge in [0.25, 0.3) is 0 Å². The van der Waals surface area contributed by atoms with Crippen LogP contribution in [0, 0.1) is 51.8 Å². The monoisotopic (exact) mass is 372 g/mol. The molecule has 0 heterocycles. The van der Waals surface area contributed by atoms with E-state index in [9.17, 15) is 0 Å². The molecule has 0 amide bonds. The summed E-state index contributed by atoms with van der Waals surface area (Å²) in [5.74, 6) is 6.19. The maximum absolute atomic E-state index is 2.74. The molecule has 0 saturated heterocycles. The van der Waals surface area contributed by atoms with Crippen LogP contribution in [0.25, 0.3) is 0 Å². The third-order valence-electron chi connectivity index (χ3n) is 10.7. The fourth-order valence-electron chi connectivity index (χ4n) is 9.13. The standard InChI is InChI=1S/C27H48/c1-19(14-17-25(2,3)4)22-12-13-23-21-11-10-20-9-7-8-16-26(20,5)24(21)15-18-27(22,23)6/h19-24H,7-18H2,1-6H3/t19-,20?,21+,22-,23+,24+,26+,27-/m1/s1. The zero-order valence-corrected chi connectivity index (χ0v) is 19.4. The van der Waals surface area contributed by atoms with Crippen molar-refractivity contribution in [3.05, 3.63) is 0 Å². The highest BCUT2D eigenvalue weighted by Gasteiger charge is 2.60. The largest absolute Gasteiger partial charge is 0.0622 e. The molecule has 4 rings (SSSR count). The van der Waals surface area contributed by atoms with Gasteiger partial charge in [-0.1, -0.05) is 54.4 Å². The summed E-state index contributed by atoms with van der Waals surface area (Å²) in [6.45, 7) is 15.4. The van der Waals surface area contributed by atoms with Crippen molar-refractivity contribution < 1.29 is 0 Å². The van der Waals surface area contributed by atoms with E-state index in [2.05, 4.69) is 41.5 Å². The highest BCUT2D eigenvalue weighted by atomic mass is 14.6. The molecule has 0 aromatic carbocycles. The Balaban J connectivity index is 1.49. The molecule has 0 radical (unpaired) electrons. The molecule has 8 atom stereocenters. The Labute approximate surface area is 170 Å². The molecule has 0 N–H and O–H groups in total. The molecular weight excluding hydrogens is 324 g/mol. The summed E-state index contributed by atoms with van der Waals surface area (Å²) in [5, 5.41) is 0. The second-order valence-corrected chi connectivity index (χ2v) is 13.2. The molecule has 4 aliphatic carbocycles. The van der Waals surface area contributed by atoms with E-state index >= 15 is 0 Å². The Morgan fingerprint density at radius 1 is 0.815 bits per heavy atom. The molecular formula is C27H48. The molecule has 0 nitrogen and oxygen atoms in total. The molecule has 1 unspecified atom stereocenters. The Morgan fingerprint density at radius 2 is 1.56 bits per heavy atom. The Hall–Kier alpha value is 0. The van der Waals surface area contributed by atoms with Crippen LogP contribution in [-0.2, 0) is 0 Å². The number of hydrogen-bond donors (Lipinski definition) is 0. The molecule has 4 saturated carbocycles. The van der Waals surface area contributed by atoms with E-state index in [0.29, 0.717) is 16.2 Å². The molecule has 0 spiro atoms. The maximum atomic E-state index is 2.74. The summed E-state index contributed by atoms with van der Waals surface area (Å²) >= 11 is 0. The van der Waals surface area contributed by atoms with Crippen molar-refractivity contribution in [3.63, 3.8) is 0 Å². The fourth-order valence-corrected chi connectivity index (χ4v) is 9.13. The van der Waals surface area contributed by atoms with Crippen LogP contribution < -0.4 is 0 Å². The topological polar surface area (TPSA) is 0 Å². The molecule has 0 aromatic heterocycles. The zero-order chi connectivity index (χ0) is 19.4. The minimum atomic E-state index is 0.499. The summed E-state index contributed by atoms with van der Waals surface area (Å²) in [4.78, 5) is 0. The lowest BCUT2D eigenvalue weighted by Crippen LogP contribution is -2.53. The minimum Gasteiger partial charge on any atom is -0.0622 e. The summed E-state index contributed by atoms with van der Waals surface area (Å²) in [6, 6.07) is 0. The molecule has 0 aliphatic heterocycles. The number of rotatable bonds is 3. The van der Waals surface area contributed by atoms with Crippen LogP contribution in [0.2, 0.25) is 0 Å². The van der Waals surface area contributed by atoms with Gasteiger partial charge in [0.2, 0.25) is 0 Å². The van der Waals surface area contributed by atoms with Gasteiger partial charge in [0, 0.05) is 0 Å². The van der Waals surface area contributed by atoms with Gasteiger partial charge in [-0.05, 0) is 116 Å². The van der Waals surface area contributed by atoms with Crippen molar-refractivity contribution in [2.75, 3.05) is 0 Å². The first-order valence-corrected chi connectivity index (χ1v) is 12.7. The molecule has 156 valence electrons. The van der Waals surface area contributed by atoms with Crippen molar-refractivity contribution in [3.8, 4) is 0 Å². The van der Waals surface area contributed by atoms with E-state index in [1.807, 2.05) is 0 Å². The van der Waals surface area contributed by atoms with Gasteiger partial charge in [0.05, 0.1) is 0 Å². The van der Waals surface area contributed by atoms with Gasteiger partial charge in [0.15, 0.2) is 0 Å². The van der Waals surface area contributed by atoms with Crippen molar-refractivity contribution in [2.45, 2.75) is 119 Å². The van der Waals surface area contributed by atoms with Crippen LogP contribution in [0.4, 0.5) is 0 Å². The predicted molar refractivity (Wildman–Crippen MR) is 118 cm³/mol. The van der Waals surface area contributed by atoms with Crippen LogP contribution in [0.3, 0.4) is 0 Å². The summed E-state index contributed by atoms with van der Waals surface area (Å²) in [6.07, 6.45) is 18.3. The van der Waals surface area contributed by atoms with Gasteiger partial charge in [-0.15, -0.1) is 0 Å². The SMILES string of the molecule is C[C@H](CCC(C)(C)C)[C@H]1CC[C@H]2[C@@H]3CCC4CCCC[C@]4(C)[C@H]3CC[C@]12C. The predicted octanol–water partition coefficient (Wildman–Crippen LogP) is 8.50. The third-order valence-corrected chi connectivity index (χ3v) is 10.7. The highest BCUT2D eigenvalue weighted by molar-refractivity contribution is 5.09. The lowest BCUT2D eigenvalue weighted by atomic mass is 9.44. The second-order valence-electron chi connectivity index (χ2n) is 13.2. The van der Waals surface area contributed by atoms with E-state index in [1.165, 1.54) is 32.1 Å². The first kappa shape index (κ1) is 20.3. The molecule has 0 bridgehead atoms. The molecule has 4 fully saturated rings. The average molecular weight is 373 g/mol. The van der Waals surface area contributed by atoms with E-state index in [-0.39, 0.29) is 0 Å².